The first-order valence-electron chi connectivity index (χ1n) is 14.0. The van der Waals surface area contributed by atoms with Gasteiger partial charge in [0.15, 0.2) is 5.78 Å². The van der Waals surface area contributed by atoms with Crippen LogP contribution in [0.25, 0.3) is 0 Å². The molecule has 1 N–H and O–H groups in total. The van der Waals surface area contributed by atoms with Crippen molar-refractivity contribution in [2.24, 2.45) is 17.3 Å². The molecule has 4 aliphatic rings. The van der Waals surface area contributed by atoms with Crippen LogP contribution in [0.5, 0.6) is 0 Å². The van der Waals surface area contributed by atoms with E-state index < -0.39 is 5.54 Å². The predicted octanol–water partition coefficient (Wildman–Crippen LogP) is 4.81. The van der Waals surface area contributed by atoms with E-state index in [1.54, 1.807) is 22.9 Å². The van der Waals surface area contributed by atoms with Gasteiger partial charge in [-0.1, -0.05) is 49.0 Å². The van der Waals surface area contributed by atoms with Gasteiger partial charge in [0.25, 0.3) is 0 Å². The SMILES string of the molecule is CN(CCC1CC1)C(=O)N(C)[C@@]1(C(=O)C2CCN(C(=O)C3(C)CC3)CC2)CNC[C@@H]1c1ccc(Cl)c(Cl)c1. The maximum absolute atomic E-state index is 14.6. The van der Waals surface area contributed by atoms with Crippen LogP contribution in [0, 0.1) is 17.3 Å². The van der Waals surface area contributed by atoms with E-state index in [0.717, 1.165) is 24.8 Å². The molecule has 2 aliphatic heterocycles. The van der Waals surface area contributed by atoms with E-state index in [-0.39, 0.29) is 35.0 Å². The molecular weight excluding hydrogens is 523 g/mol. The Labute approximate surface area is 236 Å². The van der Waals surface area contributed by atoms with E-state index >= 15 is 0 Å². The molecule has 7 nitrogen and oxygen atoms in total. The third-order valence-electron chi connectivity index (χ3n) is 9.54. The van der Waals surface area contributed by atoms with Crippen molar-refractivity contribution in [3.05, 3.63) is 33.8 Å². The minimum Gasteiger partial charge on any atom is -0.342 e. The van der Waals surface area contributed by atoms with Gasteiger partial charge in [0, 0.05) is 64.1 Å². The van der Waals surface area contributed by atoms with Gasteiger partial charge in [-0.25, -0.2) is 4.79 Å². The second kappa shape index (κ2) is 10.6. The van der Waals surface area contributed by atoms with Crippen molar-refractivity contribution < 1.29 is 14.4 Å². The predicted molar refractivity (Wildman–Crippen MR) is 150 cm³/mol. The third-order valence-corrected chi connectivity index (χ3v) is 10.3. The number of likely N-dealkylation sites (tertiary alicyclic amines) is 1. The monoisotopic (exact) mass is 562 g/mol. The van der Waals surface area contributed by atoms with Gasteiger partial charge in [-0.15, -0.1) is 0 Å². The number of benzene rings is 1. The minimum absolute atomic E-state index is 0.0785. The van der Waals surface area contributed by atoms with Gasteiger partial charge >= 0.3 is 6.03 Å². The number of likely N-dealkylation sites (N-methyl/N-ethyl adjacent to an activating group) is 1. The highest BCUT2D eigenvalue weighted by atomic mass is 35.5. The fourth-order valence-corrected chi connectivity index (χ4v) is 6.69. The van der Waals surface area contributed by atoms with Crippen molar-refractivity contribution in [1.29, 1.82) is 0 Å². The van der Waals surface area contributed by atoms with Crippen LogP contribution < -0.4 is 5.32 Å². The summed E-state index contributed by atoms with van der Waals surface area (Å²) in [5.74, 6) is 0.534. The van der Waals surface area contributed by atoms with Crippen molar-refractivity contribution >= 4 is 40.9 Å². The molecule has 1 aromatic rings. The summed E-state index contributed by atoms with van der Waals surface area (Å²) < 4.78 is 0. The van der Waals surface area contributed by atoms with E-state index in [4.69, 9.17) is 23.2 Å². The lowest BCUT2D eigenvalue weighted by molar-refractivity contribution is -0.142. The summed E-state index contributed by atoms with van der Waals surface area (Å²) in [6.45, 7) is 4.83. The molecule has 5 rings (SSSR count). The minimum atomic E-state index is -1.05. The van der Waals surface area contributed by atoms with Crippen LogP contribution in [-0.4, -0.2) is 84.8 Å². The fourth-order valence-electron chi connectivity index (χ4n) is 6.38. The van der Waals surface area contributed by atoms with E-state index in [9.17, 15) is 14.4 Å². The largest absolute Gasteiger partial charge is 0.342 e. The highest BCUT2D eigenvalue weighted by Crippen LogP contribution is 2.47. The van der Waals surface area contributed by atoms with Gasteiger partial charge in [-0.2, -0.15) is 0 Å². The smallest absolute Gasteiger partial charge is 0.320 e. The number of carbonyl (C=O) groups excluding carboxylic acids is 3. The highest BCUT2D eigenvalue weighted by molar-refractivity contribution is 6.42. The molecule has 0 unspecified atom stereocenters. The summed E-state index contributed by atoms with van der Waals surface area (Å²) in [4.78, 5) is 46.7. The van der Waals surface area contributed by atoms with Gasteiger partial charge in [-0.3, -0.25) is 9.59 Å². The number of ketones is 1. The fraction of sp³-hybridized carbons (Fsp3) is 0.690. The number of carbonyl (C=O) groups is 3. The van der Waals surface area contributed by atoms with E-state index in [1.807, 2.05) is 31.0 Å². The number of amides is 3. The van der Waals surface area contributed by atoms with Gasteiger partial charge in [-0.05, 0) is 55.7 Å². The van der Waals surface area contributed by atoms with Crippen molar-refractivity contribution in [1.82, 2.24) is 20.0 Å². The topological polar surface area (TPSA) is 73.0 Å². The number of piperidine rings is 1. The number of Topliss-reactive ketones (excluding diaryl/α,β-unsaturated/α-hetero) is 1. The van der Waals surface area contributed by atoms with E-state index in [2.05, 4.69) is 5.32 Å². The molecule has 2 atom stereocenters. The summed E-state index contributed by atoms with van der Waals surface area (Å²) in [5, 5.41) is 4.33. The Hall–Kier alpha value is -1.83. The van der Waals surface area contributed by atoms with Crippen LogP contribution in [0.15, 0.2) is 18.2 Å². The van der Waals surface area contributed by atoms with Crippen LogP contribution in [0.2, 0.25) is 10.0 Å². The molecule has 0 spiro atoms. The van der Waals surface area contributed by atoms with Gasteiger partial charge in [0.2, 0.25) is 5.91 Å². The molecule has 4 fully saturated rings. The number of hydrogen-bond donors (Lipinski definition) is 1. The molecule has 0 aromatic heterocycles. The van der Waals surface area contributed by atoms with E-state index in [1.165, 1.54) is 12.8 Å². The molecule has 0 bridgehead atoms. The highest BCUT2D eigenvalue weighted by Gasteiger charge is 2.57. The Bertz CT molecular complexity index is 1100. The van der Waals surface area contributed by atoms with Crippen molar-refractivity contribution in [2.45, 2.75) is 63.3 Å². The first kappa shape index (κ1) is 27.7. The molecule has 1 aromatic carbocycles. The Kier molecular flexibility index (Phi) is 7.75. The zero-order chi connectivity index (χ0) is 27.2. The van der Waals surface area contributed by atoms with Crippen LogP contribution in [0.1, 0.15) is 63.4 Å². The van der Waals surface area contributed by atoms with Crippen LogP contribution in [0.4, 0.5) is 4.79 Å². The zero-order valence-electron chi connectivity index (χ0n) is 22.8. The first-order chi connectivity index (χ1) is 18.1. The molecule has 2 aliphatic carbocycles. The Morgan fingerprint density at radius 3 is 2.34 bits per heavy atom. The maximum atomic E-state index is 14.6. The molecule has 38 heavy (non-hydrogen) atoms. The lowest BCUT2D eigenvalue weighted by Gasteiger charge is -2.46. The van der Waals surface area contributed by atoms with Gasteiger partial charge < -0.3 is 20.0 Å². The number of halogens is 2. The average Bonchev–Trinajstić information content (AvgIpc) is 3.85. The Morgan fingerprint density at radius 2 is 1.74 bits per heavy atom. The standard InChI is InChI=1S/C29H40Cl2N4O3/c1-28(11-12-28)26(37)35-14-9-20(10-15-35)25(36)29(34(3)27(38)33(2)13-8-19-4-5-19)18-32-17-22(29)21-6-7-23(30)24(31)16-21/h6-7,16,19-20,22,32H,4-5,8-15,17-18H2,1-3H3/t22-,29+/m1/s1. The Morgan fingerprint density at radius 1 is 1.05 bits per heavy atom. The maximum Gasteiger partial charge on any atom is 0.320 e. The first-order valence-corrected chi connectivity index (χ1v) is 14.8. The van der Waals surface area contributed by atoms with Crippen LogP contribution >= 0.6 is 23.2 Å². The molecule has 9 heteroatoms. The molecule has 3 amide bonds. The number of rotatable bonds is 8. The summed E-state index contributed by atoms with van der Waals surface area (Å²) in [7, 11) is 3.61. The van der Waals surface area contributed by atoms with Crippen molar-refractivity contribution in [3.63, 3.8) is 0 Å². The molecule has 2 heterocycles. The summed E-state index contributed by atoms with van der Waals surface area (Å²) in [6.07, 6.45) is 6.62. The number of hydrogen-bond acceptors (Lipinski definition) is 4. The summed E-state index contributed by atoms with van der Waals surface area (Å²) >= 11 is 12.6. The second-order valence-electron chi connectivity index (χ2n) is 12.3. The van der Waals surface area contributed by atoms with Gasteiger partial charge in [0.05, 0.1) is 10.0 Å². The normalized spacial score (nSPS) is 26.8. The molecule has 0 radical (unpaired) electrons. The quantitative estimate of drug-likeness (QED) is 0.493. The lowest BCUT2D eigenvalue weighted by Crippen LogP contribution is -2.64. The number of urea groups is 1. The van der Waals surface area contributed by atoms with Crippen molar-refractivity contribution in [3.8, 4) is 0 Å². The van der Waals surface area contributed by atoms with Crippen LogP contribution in [-0.2, 0) is 9.59 Å². The zero-order valence-corrected chi connectivity index (χ0v) is 24.3. The Balaban J connectivity index is 1.41. The lowest BCUT2D eigenvalue weighted by atomic mass is 9.72. The second-order valence-corrected chi connectivity index (χ2v) is 13.1. The summed E-state index contributed by atoms with van der Waals surface area (Å²) in [6, 6.07) is 5.37. The molecule has 208 valence electrons. The average molecular weight is 564 g/mol. The number of nitrogens with zero attached hydrogens (tertiary/aromatic N) is 3. The number of nitrogens with one attached hydrogen (secondary N) is 1. The summed E-state index contributed by atoms with van der Waals surface area (Å²) in [5.41, 5.74) is -0.363. The molecule has 2 saturated carbocycles. The third kappa shape index (κ3) is 5.18. The molecule has 2 saturated heterocycles. The van der Waals surface area contributed by atoms with E-state index in [0.29, 0.717) is 61.5 Å². The molecular formula is C29H40Cl2N4O3. The van der Waals surface area contributed by atoms with Gasteiger partial charge in [0.1, 0.15) is 5.54 Å². The van der Waals surface area contributed by atoms with Crippen molar-refractivity contribution in [2.75, 3.05) is 46.8 Å². The van der Waals surface area contributed by atoms with Crippen LogP contribution in [0.3, 0.4) is 0 Å².